The Morgan fingerprint density at radius 1 is 0.444 bits per heavy atom. The van der Waals surface area contributed by atoms with Crippen molar-refractivity contribution in [3.63, 3.8) is 0 Å². The van der Waals surface area contributed by atoms with Crippen LogP contribution in [-0.4, -0.2) is 39.9 Å². The molecule has 0 radical (unpaired) electrons. The molecule has 6 nitrogen and oxygen atoms in total. The molecular weight excluding hydrogens is 496 g/mol. The second-order valence-corrected chi connectivity index (χ2v) is 12.1. The van der Waals surface area contributed by atoms with Crippen LogP contribution in [0.1, 0.15) is 20.7 Å². The molecule has 0 saturated carbocycles. The zero-order valence-electron chi connectivity index (χ0n) is 19.1. The van der Waals surface area contributed by atoms with E-state index in [4.69, 9.17) is 0 Å². The normalized spacial score (nSPS) is 11.7. The summed E-state index contributed by atoms with van der Waals surface area (Å²) in [5, 5.41) is 0. The fraction of sp³-hybridized carbons (Fsp3) is 0.0714. The maximum atomic E-state index is 12.7. The van der Waals surface area contributed by atoms with E-state index in [1.54, 1.807) is 84.9 Å². The van der Waals surface area contributed by atoms with E-state index in [1.807, 2.05) is 0 Å². The highest BCUT2D eigenvalue weighted by Crippen LogP contribution is 2.24. The van der Waals surface area contributed by atoms with Crippen LogP contribution in [0, 0.1) is 0 Å². The molecule has 0 aromatic heterocycles. The number of rotatable bonds is 9. The number of carbonyl (C=O) groups is 2. The predicted octanol–water partition coefficient (Wildman–Crippen LogP) is 4.67. The molecule has 4 rings (SSSR count). The monoisotopic (exact) mass is 518 g/mol. The van der Waals surface area contributed by atoms with Gasteiger partial charge in [-0.25, -0.2) is 16.8 Å². The zero-order valence-corrected chi connectivity index (χ0v) is 20.7. The molecule has 8 heteroatoms. The van der Waals surface area contributed by atoms with E-state index in [0.29, 0.717) is 22.3 Å². The van der Waals surface area contributed by atoms with Crippen LogP contribution in [0.4, 0.5) is 0 Å². The zero-order chi connectivity index (χ0) is 25.8. The minimum absolute atomic E-state index is 0.0224. The third-order valence-corrected chi connectivity index (χ3v) is 8.86. The van der Waals surface area contributed by atoms with Crippen LogP contribution < -0.4 is 0 Å². The number of Topliss-reactive ketones (excluding diaryl/α,β-unsaturated/α-hetero) is 2. The van der Waals surface area contributed by atoms with Crippen molar-refractivity contribution in [3.8, 4) is 11.1 Å². The Hall–Kier alpha value is -3.88. The molecule has 0 aliphatic carbocycles. The number of ketones is 2. The van der Waals surface area contributed by atoms with Crippen molar-refractivity contribution < 1.29 is 26.4 Å². The number of hydrogen-bond donors (Lipinski definition) is 0. The Bertz CT molecular complexity index is 1470. The molecule has 182 valence electrons. The summed E-state index contributed by atoms with van der Waals surface area (Å²) in [6.07, 6.45) is 0. The number of benzene rings is 4. The van der Waals surface area contributed by atoms with Crippen LogP contribution in [-0.2, 0) is 19.7 Å². The molecule has 4 aromatic carbocycles. The van der Waals surface area contributed by atoms with Gasteiger partial charge in [0, 0.05) is 11.1 Å². The lowest BCUT2D eigenvalue weighted by molar-refractivity contribution is 0.101. The van der Waals surface area contributed by atoms with E-state index in [-0.39, 0.29) is 9.79 Å². The quantitative estimate of drug-likeness (QED) is 0.299. The van der Waals surface area contributed by atoms with E-state index in [9.17, 15) is 26.4 Å². The van der Waals surface area contributed by atoms with Crippen molar-refractivity contribution in [2.45, 2.75) is 9.79 Å². The Kier molecular flexibility index (Phi) is 7.28. The van der Waals surface area contributed by atoms with Gasteiger partial charge in [-0.05, 0) is 35.4 Å². The average Bonchev–Trinajstić information content (AvgIpc) is 2.89. The number of hydrogen-bond acceptors (Lipinski definition) is 6. The van der Waals surface area contributed by atoms with Gasteiger partial charge in [0.2, 0.25) is 0 Å². The van der Waals surface area contributed by atoms with Crippen LogP contribution >= 0.6 is 0 Å². The third kappa shape index (κ3) is 5.84. The van der Waals surface area contributed by atoms with E-state index >= 15 is 0 Å². The Morgan fingerprint density at radius 2 is 0.750 bits per heavy atom. The molecule has 0 fully saturated rings. The molecule has 0 N–H and O–H groups in total. The minimum Gasteiger partial charge on any atom is -0.293 e. The van der Waals surface area contributed by atoms with E-state index in [1.165, 1.54) is 24.3 Å². The molecule has 0 atom stereocenters. The topological polar surface area (TPSA) is 102 Å². The van der Waals surface area contributed by atoms with Crippen LogP contribution in [0.2, 0.25) is 0 Å². The summed E-state index contributed by atoms with van der Waals surface area (Å²) < 4.78 is 50.8. The molecule has 0 bridgehead atoms. The van der Waals surface area contributed by atoms with Gasteiger partial charge in [0.1, 0.15) is 11.5 Å². The molecular formula is C28H22O6S2. The van der Waals surface area contributed by atoms with E-state index < -0.39 is 42.7 Å². The second-order valence-electron chi connectivity index (χ2n) is 8.15. The van der Waals surface area contributed by atoms with Crippen molar-refractivity contribution in [3.05, 3.63) is 120 Å². The van der Waals surface area contributed by atoms with Crippen LogP contribution in [0.25, 0.3) is 11.1 Å². The van der Waals surface area contributed by atoms with Gasteiger partial charge >= 0.3 is 0 Å². The molecule has 0 aliphatic rings. The lowest BCUT2D eigenvalue weighted by Crippen LogP contribution is -2.16. The van der Waals surface area contributed by atoms with E-state index in [0.717, 1.165) is 0 Å². The molecule has 0 unspecified atom stereocenters. The minimum atomic E-state index is -3.83. The predicted molar refractivity (Wildman–Crippen MR) is 138 cm³/mol. The highest BCUT2D eigenvalue weighted by atomic mass is 32.2. The van der Waals surface area contributed by atoms with Crippen molar-refractivity contribution >= 4 is 31.2 Å². The highest BCUT2D eigenvalue weighted by molar-refractivity contribution is 7.92. The van der Waals surface area contributed by atoms with Gasteiger partial charge in [0.05, 0.1) is 9.79 Å². The number of sulfone groups is 2. The maximum Gasteiger partial charge on any atom is 0.185 e. The average molecular weight is 519 g/mol. The summed E-state index contributed by atoms with van der Waals surface area (Å²) in [5.74, 6) is -2.24. The lowest BCUT2D eigenvalue weighted by Gasteiger charge is -2.08. The van der Waals surface area contributed by atoms with Crippen LogP contribution in [0.5, 0.6) is 0 Å². The molecule has 4 aromatic rings. The Balaban J connectivity index is 1.47. The Morgan fingerprint density at radius 3 is 1.06 bits per heavy atom. The van der Waals surface area contributed by atoms with Gasteiger partial charge in [-0.15, -0.1) is 0 Å². The fourth-order valence-corrected chi connectivity index (χ4v) is 6.09. The summed E-state index contributed by atoms with van der Waals surface area (Å²) >= 11 is 0. The van der Waals surface area contributed by atoms with Gasteiger partial charge < -0.3 is 0 Å². The molecule has 0 amide bonds. The first-order valence-corrected chi connectivity index (χ1v) is 14.3. The Labute approximate surface area is 210 Å². The standard InChI is InChI=1S/C28H22O6S2/c29-27(23-7-3-1-4-8-23)19-35(31,32)25-15-11-21(12-16-25)22-13-17-26(18-14-22)36(33,34)20-28(30)24-9-5-2-6-10-24/h1-18H,19-20H2. The largest absolute Gasteiger partial charge is 0.293 e. The van der Waals surface area contributed by atoms with Crippen molar-refractivity contribution in [2.24, 2.45) is 0 Å². The maximum absolute atomic E-state index is 12.7. The summed E-state index contributed by atoms with van der Waals surface area (Å²) in [6, 6.07) is 28.6. The fourth-order valence-electron chi connectivity index (χ4n) is 3.64. The first-order chi connectivity index (χ1) is 17.2. The summed E-state index contributed by atoms with van der Waals surface area (Å²) in [6.45, 7) is 0. The van der Waals surface area contributed by atoms with Crippen LogP contribution in [0.15, 0.2) is 119 Å². The van der Waals surface area contributed by atoms with Gasteiger partial charge in [-0.1, -0.05) is 84.9 Å². The van der Waals surface area contributed by atoms with Gasteiger partial charge in [0.25, 0.3) is 0 Å². The molecule has 0 saturated heterocycles. The summed E-state index contributed by atoms with van der Waals surface area (Å²) in [5.41, 5.74) is 2.01. The molecule has 0 aliphatic heterocycles. The number of carbonyl (C=O) groups excluding carboxylic acids is 2. The van der Waals surface area contributed by atoms with Crippen molar-refractivity contribution in [1.82, 2.24) is 0 Å². The van der Waals surface area contributed by atoms with Gasteiger partial charge in [-0.3, -0.25) is 9.59 Å². The summed E-state index contributed by atoms with van der Waals surface area (Å²) in [4.78, 5) is 24.7. The van der Waals surface area contributed by atoms with E-state index in [2.05, 4.69) is 0 Å². The van der Waals surface area contributed by atoms with Crippen molar-refractivity contribution in [1.29, 1.82) is 0 Å². The summed E-state index contributed by atoms with van der Waals surface area (Å²) in [7, 11) is -7.66. The molecule has 0 spiro atoms. The van der Waals surface area contributed by atoms with Gasteiger partial charge in [0.15, 0.2) is 31.2 Å². The molecule has 36 heavy (non-hydrogen) atoms. The highest BCUT2D eigenvalue weighted by Gasteiger charge is 2.22. The van der Waals surface area contributed by atoms with Crippen LogP contribution in [0.3, 0.4) is 0 Å². The smallest absolute Gasteiger partial charge is 0.185 e. The van der Waals surface area contributed by atoms with Gasteiger partial charge in [-0.2, -0.15) is 0 Å². The first-order valence-electron chi connectivity index (χ1n) is 11.0. The SMILES string of the molecule is O=C(CS(=O)(=O)c1ccc(-c2ccc(S(=O)(=O)CC(=O)c3ccccc3)cc2)cc1)c1ccccc1. The second kappa shape index (κ2) is 10.4. The lowest BCUT2D eigenvalue weighted by atomic mass is 10.1. The third-order valence-electron chi connectivity index (χ3n) is 5.59. The van der Waals surface area contributed by atoms with Crippen molar-refractivity contribution in [2.75, 3.05) is 11.5 Å². The molecule has 0 heterocycles. The first kappa shape index (κ1) is 25.2.